The molecule has 1 aromatic carbocycles. The van der Waals surface area contributed by atoms with Gasteiger partial charge in [-0.2, -0.15) is 4.31 Å². The van der Waals surface area contributed by atoms with Gasteiger partial charge in [0.2, 0.25) is 10.0 Å². The van der Waals surface area contributed by atoms with E-state index in [1.165, 1.54) is 16.4 Å². The van der Waals surface area contributed by atoms with Gasteiger partial charge in [0.25, 0.3) is 0 Å². The number of carboxylic acid groups (broad SMARTS) is 1. The van der Waals surface area contributed by atoms with E-state index in [0.29, 0.717) is 31.1 Å². The summed E-state index contributed by atoms with van der Waals surface area (Å²) in [5.74, 6) is -0.687. The molecule has 0 aromatic heterocycles. The highest BCUT2D eigenvalue weighted by atomic mass is 32.2. The SMILES string of the molecule is O=C(O)C1CCN(S(=O)(=O)c2ccc3c(c2)OCCO3)C1. The molecule has 2 heterocycles. The Morgan fingerprint density at radius 1 is 1.24 bits per heavy atom. The Bertz CT molecular complexity index is 671. The topological polar surface area (TPSA) is 93.1 Å². The van der Waals surface area contributed by atoms with E-state index in [1.54, 1.807) is 6.07 Å². The first kappa shape index (κ1) is 14.2. The monoisotopic (exact) mass is 313 g/mol. The van der Waals surface area contributed by atoms with Crippen LogP contribution in [0.4, 0.5) is 0 Å². The highest BCUT2D eigenvalue weighted by Crippen LogP contribution is 2.34. The second-order valence-electron chi connectivity index (χ2n) is 4.99. The summed E-state index contributed by atoms with van der Waals surface area (Å²) in [6.07, 6.45) is 0.332. The van der Waals surface area contributed by atoms with Crippen LogP contribution in [0.3, 0.4) is 0 Å². The molecule has 1 saturated heterocycles. The van der Waals surface area contributed by atoms with Gasteiger partial charge in [0.15, 0.2) is 11.5 Å². The van der Waals surface area contributed by atoms with Gasteiger partial charge in [-0.15, -0.1) is 0 Å². The minimum absolute atomic E-state index is 0.00606. The maximum atomic E-state index is 12.5. The van der Waals surface area contributed by atoms with Crippen LogP contribution in [0.25, 0.3) is 0 Å². The van der Waals surface area contributed by atoms with Crippen LogP contribution in [0.1, 0.15) is 6.42 Å². The molecule has 7 nitrogen and oxygen atoms in total. The quantitative estimate of drug-likeness (QED) is 0.876. The summed E-state index contributed by atoms with van der Waals surface area (Å²) in [6.45, 7) is 1.03. The maximum Gasteiger partial charge on any atom is 0.307 e. The Morgan fingerprint density at radius 3 is 2.62 bits per heavy atom. The summed E-state index contributed by atoms with van der Waals surface area (Å²) < 4.78 is 37.0. The number of ether oxygens (including phenoxy) is 2. The van der Waals surface area contributed by atoms with Crippen molar-refractivity contribution < 1.29 is 27.8 Å². The molecule has 114 valence electrons. The van der Waals surface area contributed by atoms with Crippen molar-refractivity contribution in [2.24, 2.45) is 5.92 Å². The first-order valence-corrected chi connectivity index (χ1v) is 8.05. The number of carbonyl (C=O) groups is 1. The average molecular weight is 313 g/mol. The van der Waals surface area contributed by atoms with Gasteiger partial charge in [-0.05, 0) is 18.6 Å². The molecular weight excluding hydrogens is 298 g/mol. The summed E-state index contributed by atoms with van der Waals surface area (Å²) in [4.78, 5) is 11.0. The largest absolute Gasteiger partial charge is 0.486 e. The maximum absolute atomic E-state index is 12.5. The van der Waals surface area contributed by atoms with E-state index >= 15 is 0 Å². The number of hydrogen-bond acceptors (Lipinski definition) is 5. The van der Waals surface area contributed by atoms with Crippen molar-refractivity contribution in [2.75, 3.05) is 26.3 Å². The van der Waals surface area contributed by atoms with Crippen LogP contribution in [-0.2, 0) is 14.8 Å². The number of rotatable bonds is 3. The highest BCUT2D eigenvalue weighted by molar-refractivity contribution is 7.89. The predicted octanol–water partition coefficient (Wildman–Crippen LogP) is 0.553. The number of nitrogens with zero attached hydrogens (tertiary/aromatic N) is 1. The Morgan fingerprint density at radius 2 is 1.95 bits per heavy atom. The molecule has 0 aliphatic carbocycles. The van der Waals surface area contributed by atoms with Gasteiger partial charge in [-0.3, -0.25) is 4.79 Å². The molecule has 1 atom stereocenters. The van der Waals surface area contributed by atoms with Crippen LogP contribution < -0.4 is 9.47 Å². The third kappa shape index (κ3) is 2.56. The van der Waals surface area contributed by atoms with E-state index in [1.807, 2.05) is 0 Å². The molecule has 1 aromatic rings. The van der Waals surface area contributed by atoms with Crippen molar-refractivity contribution in [1.82, 2.24) is 4.31 Å². The zero-order valence-electron chi connectivity index (χ0n) is 11.2. The average Bonchev–Trinajstić information content (AvgIpc) is 2.97. The van der Waals surface area contributed by atoms with Gasteiger partial charge in [-0.25, -0.2) is 8.42 Å². The predicted molar refractivity (Wildman–Crippen MR) is 71.9 cm³/mol. The van der Waals surface area contributed by atoms with Crippen LogP contribution in [0.2, 0.25) is 0 Å². The Labute approximate surface area is 122 Å². The fraction of sp³-hybridized carbons (Fsp3) is 0.462. The summed E-state index contributed by atoms with van der Waals surface area (Å²) in [6, 6.07) is 4.45. The molecule has 0 amide bonds. The molecular formula is C13H15NO6S. The molecule has 3 rings (SSSR count). The minimum atomic E-state index is -3.70. The van der Waals surface area contributed by atoms with Crippen molar-refractivity contribution in [3.8, 4) is 11.5 Å². The zero-order valence-corrected chi connectivity index (χ0v) is 12.0. The van der Waals surface area contributed by atoms with E-state index in [-0.39, 0.29) is 18.0 Å². The fourth-order valence-corrected chi connectivity index (χ4v) is 4.00. The molecule has 1 N–H and O–H groups in total. The molecule has 8 heteroatoms. The molecule has 21 heavy (non-hydrogen) atoms. The van der Waals surface area contributed by atoms with Gasteiger partial charge in [-0.1, -0.05) is 0 Å². The summed E-state index contributed by atoms with van der Waals surface area (Å²) >= 11 is 0. The normalized spacial score (nSPS) is 22.2. The lowest BCUT2D eigenvalue weighted by Crippen LogP contribution is -2.30. The first-order chi connectivity index (χ1) is 9.98. The van der Waals surface area contributed by atoms with E-state index in [9.17, 15) is 13.2 Å². The standard InChI is InChI=1S/C13H15NO6S/c15-13(16)9-3-4-14(8-9)21(17,18)10-1-2-11-12(7-10)20-6-5-19-11/h1-2,7,9H,3-6,8H2,(H,15,16). The third-order valence-electron chi connectivity index (χ3n) is 3.65. The number of benzene rings is 1. The number of sulfonamides is 1. The molecule has 0 spiro atoms. The zero-order chi connectivity index (χ0) is 15.0. The molecule has 0 radical (unpaired) electrons. The van der Waals surface area contributed by atoms with E-state index in [4.69, 9.17) is 14.6 Å². The molecule has 0 saturated carbocycles. The Hall–Kier alpha value is -1.80. The number of carboxylic acids is 1. The lowest BCUT2D eigenvalue weighted by molar-refractivity contribution is -0.141. The van der Waals surface area contributed by atoms with Crippen LogP contribution in [-0.4, -0.2) is 50.1 Å². The molecule has 2 aliphatic rings. The van der Waals surface area contributed by atoms with Gasteiger partial charge >= 0.3 is 5.97 Å². The third-order valence-corrected chi connectivity index (χ3v) is 5.51. The molecule has 2 aliphatic heterocycles. The van der Waals surface area contributed by atoms with Crippen molar-refractivity contribution in [3.63, 3.8) is 0 Å². The lowest BCUT2D eigenvalue weighted by Gasteiger charge is -2.20. The first-order valence-electron chi connectivity index (χ1n) is 6.61. The van der Waals surface area contributed by atoms with E-state index in [2.05, 4.69) is 0 Å². The Kier molecular flexibility index (Phi) is 3.50. The van der Waals surface area contributed by atoms with Crippen molar-refractivity contribution in [1.29, 1.82) is 0 Å². The number of fused-ring (bicyclic) bond motifs is 1. The highest BCUT2D eigenvalue weighted by Gasteiger charge is 2.36. The Balaban J connectivity index is 1.87. The number of aliphatic carboxylic acids is 1. The van der Waals surface area contributed by atoms with Gasteiger partial charge in [0.1, 0.15) is 13.2 Å². The van der Waals surface area contributed by atoms with Crippen molar-refractivity contribution >= 4 is 16.0 Å². The second-order valence-corrected chi connectivity index (χ2v) is 6.93. The van der Waals surface area contributed by atoms with E-state index < -0.39 is 21.9 Å². The van der Waals surface area contributed by atoms with Crippen molar-refractivity contribution in [2.45, 2.75) is 11.3 Å². The van der Waals surface area contributed by atoms with Crippen LogP contribution >= 0.6 is 0 Å². The van der Waals surface area contributed by atoms with Gasteiger partial charge in [0.05, 0.1) is 10.8 Å². The van der Waals surface area contributed by atoms with Crippen LogP contribution in [0, 0.1) is 5.92 Å². The molecule has 1 unspecified atom stereocenters. The van der Waals surface area contributed by atoms with Crippen LogP contribution in [0.15, 0.2) is 23.1 Å². The second kappa shape index (κ2) is 5.19. The molecule has 1 fully saturated rings. The van der Waals surface area contributed by atoms with Crippen molar-refractivity contribution in [3.05, 3.63) is 18.2 Å². The summed E-state index contributed by atoms with van der Waals surface area (Å²) in [7, 11) is -3.70. The number of hydrogen-bond donors (Lipinski definition) is 1. The van der Waals surface area contributed by atoms with Crippen LogP contribution in [0.5, 0.6) is 11.5 Å². The van der Waals surface area contributed by atoms with Gasteiger partial charge in [0, 0.05) is 19.2 Å². The van der Waals surface area contributed by atoms with Gasteiger partial charge < -0.3 is 14.6 Å². The lowest BCUT2D eigenvalue weighted by atomic mass is 10.1. The molecule has 0 bridgehead atoms. The summed E-state index contributed by atoms with van der Waals surface area (Å²) in [5.41, 5.74) is 0. The van der Waals surface area contributed by atoms with E-state index in [0.717, 1.165) is 0 Å². The minimum Gasteiger partial charge on any atom is -0.486 e. The smallest absolute Gasteiger partial charge is 0.307 e. The fourth-order valence-electron chi connectivity index (χ4n) is 2.48. The summed E-state index contributed by atoms with van der Waals surface area (Å²) in [5, 5.41) is 8.97.